The molecule has 1 nitrogen and oxygen atoms in total. The van der Waals surface area contributed by atoms with Crippen LogP contribution in [0.1, 0.15) is 49.7 Å². The van der Waals surface area contributed by atoms with Gasteiger partial charge in [-0.05, 0) is 43.4 Å². The van der Waals surface area contributed by atoms with Crippen molar-refractivity contribution in [1.29, 1.82) is 0 Å². The van der Waals surface area contributed by atoms with E-state index < -0.39 is 12.6 Å². The normalized spacial score (nSPS) is 19.3. The Morgan fingerprint density at radius 2 is 2.05 bits per heavy atom. The van der Waals surface area contributed by atoms with E-state index in [0.717, 1.165) is 19.4 Å². The van der Waals surface area contributed by atoms with Gasteiger partial charge in [-0.2, -0.15) is 13.2 Å². The third kappa shape index (κ3) is 3.98. The average molecular weight is 285 g/mol. The highest BCUT2D eigenvalue weighted by molar-refractivity contribution is 5.41. The van der Waals surface area contributed by atoms with Crippen LogP contribution in [0.2, 0.25) is 0 Å². The van der Waals surface area contributed by atoms with E-state index in [2.05, 4.69) is 24.4 Å². The molecule has 0 saturated heterocycles. The summed E-state index contributed by atoms with van der Waals surface area (Å²) < 4.78 is 36.8. The van der Waals surface area contributed by atoms with E-state index in [1.165, 1.54) is 11.1 Å². The van der Waals surface area contributed by atoms with Crippen LogP contribution in [0.3, 0.4) is 0 Å². The molecule has 1 aliphatic rings. The Bertz CT molecular complexity index is 428. The maximum Gasteiger partial charge on any atom is 0.389 e. The van der Waals surface area contributed by atoms with E-state index in [1.54, 1.807) is 0 Å². The van der Waals surface area contributed by atoms with Gasteiger partial charge >= 0.3 is 6.18 Å². The summed E-state index contributed by atoms with van der Waals surface area (Å²) in [4.78, 5) is 0. The van der Waals surface area contributed by atoms with Crippen molar-refractivity contribution in [3.05, 3.63) is 35.4 Å². The quantitative estimate of drug-likeness (QED) is 0.781. The second-order valence-corrected chi connectivity index (χ2v) is 5.58. The van der Waals surface area contributed by atoms with Crippen LogP contribution < -0.4 is 5.32 Å². The highest BCUT2D eigenvalue weighted by Crippen LogP contribution is 2.39. The van der Waals surface area contributed by atoms with Crippen molar-refractivity contribution in [2.45, 2.75) is 57.2 Å². The third-order valence-corrected chi connectivity index (χ3v) is 4.01. The number of benzene rings is 1. The SMILES string of the molecule is CCCNC(CCCC(F)(F)F)C1Cc2ccccc21. The van der Waals surface area contributed by atoms with E-state index in [0.29, 0.717) is 12.3 Å². The van der Waals surface area contributed by atoms with Crippen LogP contribution >= 0.6 is 0 Å². The lowest BCUT2D eigenvalue weighted by Crippen LogP contribution is -2.40. The molecule has 2 rings (SSSR count). The highest BCUT2D eigenvalue weighted by Gasteiger charge is 2.33. The smallest absolute Gasteiger partial charge is 0.313 e. The van der Waals surface area contributed by atoms with Gasteiger partial charge in [0, 0.05) is 18.4 Å². The highest BCUT2D eigenvalue weighted by atomic mass is 19.4. The van der Waals surface area contributed by atoms with Crippen LogP contribution in [0.5, 0.6) is 0 Å². The monoisotopic (exact) mass is 285 g/mol. The second-order valence-electron chi connectivity index (χ2n) is 5.58. The van der Waals surface area contributed by atoms with Gasteiger partial charge in [0.2, 0.25) is 0 Å². The standard InChI is InChI=1S/C16H22F3N/c1-2-10-20-15(8-5-9-16(17,18)19)14-11-12-6-3-4-7-13(12)14/h3-4,6-7,14-15,20H,2,5,8-11H2,1H3. The van der Waals surface area contributed by atoms with Crippen molar-refractivity contribution in [2.24, 2.45) is 0 Å². The van der Waals surface area contributed by atoms with Crippen molar-refractivity contribution >= 4 is 0 Å². The van der Waals surface area contributed by atoms with Crippen LogP contribution in [0.25, 0.3) is 0 Å². The van der Waals surface area contributed by atoms with Crippen molar-refractivity contribution in [3.63, 3.8) is 0 Å². The lowest BCUT2D eigenvalue weighted by molar-refractivity contribution is -0.135. The van der Waals surface area contributed by atoms with E-state index in [9.17, 15) is 13.2 Å². The van der Waals surface area contributed by atoms with E-state index in [4.69, 9.17) is 0 Å². The molecule has 0 bridgehead atoms. The van der Waals surface area contributed by atoms with E-state index in [1.807, 2.05) is 12.1 Å². The predicted molar refractivity (Wildman–Crippen MR) is 74.9 cm³/mol. The van der Waals surface area contributed by atoms with Crippen LogP contribution in [0, 0.1) is 0 Å². The molecule has 112 valence electrons. The summed E-state index contributed by atoms with van der Waals surface area (Å²) in [6.45, 7) is 2.95. The van der Waals surface area contributed by atoms with E-state index in [-0.39, 0.29) is 12.5 Å². The van der Waals surface area contributed by atoms with Gasteiger partial charge in [0.1, 0.15) is 0 Å². The van der Waals surface area contributed by atoms with Gasteiger partial charge in [0.25, 0.3) is 0 Å². The Kier molecular flexibility index (Phi) is 5.08. The molecule has 0 aromatic heterocycles. The number of halogens is 3. The molecule has 0 amide bonds. The van der Waals surface area contributed by atoms with Gasteiger partial charge in [-0.15, -0.1) is 0 Å². The minimum atomic E-state index is -4.03. The molecular weight excluding hydrogens is 263 g/mol. The molecule has 2 unspecified atom stereocenters. The van der Waals surface area contributed by atoms with Gasteiger partial charge in [-0.25, -0.2) is 0 Å². The number of rotatable bonds is 7. The zero-order valence-electron chi connectivity index (χ0n) is 11.8. The molecule has 1 aromatic rings. The third-order valence-electron chi connectivity index (χ3n) is 4.01. The van der Waals surface area contributed by atoms with Crippen molar-refractivity contribution < 1.29 is 13.2 Å². The average Bonchev–Trinajstić information content (AvgIpc) is 2.35. The number of hydrogen-bond donors (Lipinski definition) is 1. The summed E-state index contributed by atoms with van der Waals surface area (Å²) in [5.41, 5.74) is 2.66. The molecule has 1 aromatic carbocycles. The van der Waals surface area contributed by atoms with Crippen LogP contribution in [-0.4, -0.2) is 18.8 Å². The maximum absolute atomic E-state index is 12.3. The second kappa shape index (κ2) is 6.61. The topological polar surface area (TPSA) is 12.0 Å². The molecule has 0 saturated carbocycles. The van der Waals surface area contributed by atoms with Crippen molar-refractivity contribution in [3.8, 4) is 0 Å². The Hall–Kier alpha value is -1.03. The summed E-state index contributed by atoms with van der Waals surface area (Å²) >= 11 is 0. The van der Waals surface area contributed by atoms with E-state index >= 15 is 0 Å². The first-order valence-corrected chi connectivity index (χ1v) is 7.39. The minimum absolute atomic E-state index is 0.173. The van der Waals surface area contributed by atoms with Crippen LogP contribution in [0.4, 0.5) is 13.2 Å². The summed E-state index contributed by atoms with van der Waals surface area (Å²) in [6, 6.07) is 8.42. The van der Waals surface area contributed by atoms with Gasteiger partial charge in [0.05, 0.1) is 0 Å². The molecule has 2 atom stereocenters. The summed E-state index contributed by atoms with van der Waals surface area (Å²) in [6.07, 6.45) is -1.91. The van der Waals surface area contributed by atoms with Gasteiger partial charge < -0.3 is 5.32 Å². The number of fused-ring (bicyclic) bond motifs is 1. The molecule has 20 heavy (non-hydrogen) atoms. The largest absolute Gasteiger partial charge is 0.389 e. The molecule has 0 aliphatic heterocycles. The Labute approximate surface area is 118 Å². The first-order chi connectivity index (χ1) is 9.51. The maximum atomic E-state index is 12.3. The van der Waals surface area contributed by atoms with Crippen molar-refractivity contribution in [1.82, 2.24) is 5.32 Å². The number of alkyl halides is 3. The summed E-state index contributed by atoms with van der Waals surface area (Å²) in [7, 11) is 0. The fourth-order valence-corrected chi connectivity index (χ4v) is 2.95. The Morgan fingerprint density at radius 3 is 2.70 bits per heavy atom. The van der Waals surface area contributed by atoms with Gasteiger partial charge in [-0.1, -0.05) is 31.2 Å². The molecule has 0 radical (unpaired) electrons. The zero-order valence-corrected chi connectivity index (χ0v) is 11.8. The van der Waals surface area contributed by atoms with Crippen molar-refractivity contribution in [2.75, 3.05) is 6.54 Å². The first kappa shape index (κ1) is 15.4. The molecule has 0 fully saturated rings. The minimum Gasteiger partial charge on any atom is -0.313 e. The Balaban J connectivity index is 1.92. The molecule has 0 spiro atoms. The molecule has 1 N–H and O–H groups in total. The fraction of sp³-hybridized carbons (Fsp3) is 0.625. The molecule has 4 heteroatoms. The lowest BCUT2D eigenvalue weighted by atomic mass is 9.72. The first-order valence-electron chi connectivity index (χ1n) is 7.39. The van der Waals surface area contributed by atoms with Crippen LogP contribution in [-0.2, 0) is 6.42 Å². The van der Waals surface area contributed by atoms with Gasteiger partial charge in [-0.3, -0.25) is 0 Å². The fourth-order valence-electron chi connectivity index (χ4n) is 2.95. The predicted octanol–water partition coefficient (Wildman–Crippen LogP) is 4.43. The zero-order chi connectivity index (χ0) is 14.6. The van der Waals surface area contributed by atoms with Gasteiger partial charge in [0.15, 0.2) is 0 Å². The number of hydrogen-bond acceptors (Lipinski definition) is 1. The molecule has 1 aliphatic carbocycles. The Morgan fingerprint density at radius 1 is 1.30 bits per heavy atom. The molecular formula is C16H22F3N. The number of nitrogens with one attached hydrogen (secondary N) is 1. The lowest BCUT2D eigenvalue weighted by Gasteiger charge is -2.37. The molecule has 0 heterocycles. The van der Waals surface area contributed by atoms with Crippen LogP contribution in [0.15, 0.2) is 24.3 Å². The summed E-state index contributed by atoms with van der Waals surface area (Å²) in [5, 5.41) is 3.43. The summed E-state index contributed by atoms with van der Waals surface area (Å²) in [5.74, 6) is 0.381.